The lowest BCUT2D eigenvalue weighted by Crippen LogP contribution is -2.10. The first-order valence-corrected chi connectivity index (χ1v) is 14.8. The number of hydrogen-bond acceptors (Lipinski definition) is 8. The van der Waals surface area contributed by atoms with E-state index in [1.54, 1.807) is 0 Å². The summed E-state index contributed by atoms with van der Waals surface area (Å²) in [5.41, 5.74) is 1.26. The minimum absolute atomic E-state index is 0.0363. The molecule has 1 aliphatic rings. The van der Waals surface area contributed by atoms with Crippen LogP contribution in [-0.2, 0) is 20.2 Å². The van der Waals surface area contributed by atoms with Crippen LogP contribution >= 0.6 is 23.2 Å². The number of nitriles is 2. The monoisotopic (exact) mass is 608 g/mol. The first-order chi connectivity index (χ1) is 19.0. The maximum atomic E-state index is 13.0. The molecular formula is C28H14Cl2N2O6S2. The molecule has 0 unspecified atom stereocenters. The summed E-state index contributed by atoms with van der Waals surface area (Å²) in [5.74, 6) is 0.0726. The Morgan fingerprint density at radius 3 is 1.30 bits per heavy atom. The van der Waals surface area contributed by atoms with Crippen LogP contribution < -0.4 is 8.37 Å². The van der Waals surface area contributed by atoms with Gasteiger partial charge >= 0.3 is 20.2 Å². The van der Waals surface area contributed by atoms with Gasteiger partial charge in [-0.1, -0.05) is 35.3 Å². The molecular weight excluding hydrogens is 595 g/mol. The van der Waals surface area contributed by atoms with Crippen LogP contribution in [0.5, 0.6) is 11.5 Å². The van der Waals surface area contributed by atoms with Gasteiger partial charge < -0.3 is 8.37 Å². The van der Waals surface area contributed by atoms with E-state index in [0.717, 1.165) is 0 Å². The van der Waals surface area contributed by atoms with Crippen LogP contribution in [-0.4, -0.2) is 16.8 Å². The van der Waals surface area contributed by atoms with E-state index in [0.29, 0.717) is 21.2 Å². The van der Waals surface area contributed by atoms with Gasteiger partial charge in [0.1, 0.15) is 39.0 Å². The number of fused-ring (bicyclic) bond motifs is 3. The smallest absolute Gasteiger partial charge is 0.339 e. The van der Waals surface area contributed by atoms with E-state index in [1.807, 2.05) is 12.1 Å². The van der Waals surface area contributed by atoms with Gasteiger partial charge in [0.25, 0.3) is 0 Å². The second-order valence-electron chi connectivity index (χ2n) is 8.37. The van der Waals surface area contributed by atoms with Crippen LogP contribution in [0.2, 0.25) is 10.0 Å². The maximum absolute atomic E-state index is 13.0. The summed E-state index contributed by atoms with van der Waals surface area (Å²) < 4.78 is 62.6. The zero-order valence-electron chi connectivity index (χ0n) is 20.0. The second-order valence-corrected chi connectivity index (χ2v) is 12.3. The van der Waals surface area contributed by atoms with Crippen molar-refractivity contribution in [3.63, 3.8) is 0 Å². The summed E-state index contributed by atoms with van der Waals surface area (Å²) in [6, 6.07) is 23.3. The Hall–Kier alpha value is -4.32. The van der Waals surface area contributed by atoms with Crippen LogP contribution in [0.4, 0.5) is 0 Å². The Labute approximate surface area is 240 Å². The molecule has 40 heavy (non-hydrogen) atoms. The zero-order valence-corrected chi connectivity index (χ0v) is 23.1. The summed E-state index contributed by atoms with van der Waals surface area (Å²) in [6.07, 6.45) is 0. The van der Waals surface area contributed by atoms with Crippen LogP contribution in [0.15, 0.2) is 100 Å². The molecule has 1 aliphatic carbocycles. The van der Waals surface area contributed by atoms with Crippen molar-refractivity contribution in [2.24, 2.45) is 0 Å². The lowest BCUT2D eigenvalue weighted by molar-refractivity contribution is 0.484. The van der Waals surface area contributed by atoms with Gasteiger partial charge in [-0.05, 0) is 95.1 Å². The van der Waals surface area contributed by atoms with Crippen molar-refractivity contribution in [2.75, 3.05) is 0 Å². The molecule has 0 spiro atoms. The molecule has 198 valence electrons. The van der Waals surface area contributed by atoms with Crippen molar-refractivity contribution in [1.82, 2.24) is 0 Å². The zero-order chi connectivity index (χ0) is 28.7. The summed E-state index contributed by atoms with van der Waals surface area (Å²) >= 11 is 11.7. The van der Waals surface area contributed by atoms with Crippen molar-refractivity contribution in [1.29, 1.82) is 10.5 Å². The largest absolute Gasteiger partial charge is 0.379 e. The number of halogens is 2. The summed E-state index contributed by atoms with van der Waals surface area (Å²) in [5, 5.41) is 20.2. The van der Waals surface area contributed by atoms with Gasteiger partial charge in [-0.25, -0.2) is 0 Å². The van der Waals surface area contributed by atoms with Gasteiger partial charge in [0.2, 0.25) is 0 Å². The Morgan fingerprint density at radius 2 is 0.950 bits per heavy atom. The van der Waals surface area contributed by atoms with Crippen molar-refractivity contribution in [2.45, 2.75) is 9.79 Å². The summed E-state index contributed by atoms with van der Waals surface area (Å²) in [4.78, 5) is -0.471. The molecule has 0 radical (unpaired) electrons. The topological polar surface area (TPSA) is 134 Å². The third-order valence-corrected chi connectivity index (χ3v) is 8.89. The van der Waals surface area contributed by atoms with E-state index >= 15 is 0 Å². The molecule has 8 nitrogen and oxygen atoms in total. The fourth-order valence-corrected chi connectivity index (χ4v) is 6.29. The standard InChI is InChI=1S/C28H14Cl2N2O6S2/c29-18-1-5-20(6-2-18)37-39(33,34)22-9-11-24-25-12-10-23(40(35,36)38-21-7-3-19(30)4-8-21)14-27(25)28(26(24)13-22)17(15-31)16-32/h1-14H. The van der Waals surface area contributed by atoms with Crippen molar-refractivity contribution < 1.29 is 25.2 Å². The quantitative estimate of drug-likeness (QED) is 0.160. The molecule has 0 fully saturated rings. The predicted octanol–water partition coefficient (Wildman–Crippen LogP) is 6.36. The summed E-state index contributed by atoms with van der Waals surface area (Å²) in [6.45, 7) is 0. The highest BCUT2D eigenvalue weighted by atomic mass is 35.5. The Balaban J connectivity index is 1.59. The maximum Gasteiger partial charge on any atom is 0.339 e. The van der Waals surface area contributed by atoms with Crippen molar-refractivity contribution >= 4 is 49.0 Å². The van der Waals surface area contributed by atoms with Crippen LogP contribution in [0.25, 0.3) is 16.7 Å². The van der Waals surface area contributed by atoms with Gasteiger partial charge in [0, 0.05) is 15.6 Å². The fraction of sp³-hybridized carbons (Fsp3) is 0. The van der Waals surface area contributed by atoms with Gasteiger partial charge in [-0.3, -0.25) is 0 Å². The average Bonchev–Trinajstić information content (AvgIpc) is 3.25. The predicted molar refractivity (Wildman–Crippen MR) is 148 cm³/mol. The number of hydrogen-bond donors (Lipinski definition) is 0. The summed E-state index contributed by atoms with van der Waals surface area (Å²) in [7, 11) is -8.65. The third-order valence-electron chi connectivity index (χ3n) is 5.90. The van der Waals surface area contributed by atoms with Crippen molar-refractivity contribution in [3.8, 4) is 34.8 Å². The van der Waals surface area contributed by atoms with E-state index in [2.05, 4.69) is 0 Å². The number of rotatable bonds is 6. The molecule has 0 bridgehead atoms. The Bertz CT molecular complexity index is 1860. The van der Waals surface area contributed by atoms with Gasteiger partial charge in [0.05, 0.1) is 0 Å². The first kappa shape index (κ1) is 27.3. The number of benzene rings is 4. The molecule has 0 amide bonds. The minimum atomic E-state index is -4.32. The molecule has 0 heterocycles. The molecule has 0 aliphatic heterocycles. The molecule has 4 aromatic carbocycles. The highest BCUT2D eigenvalue weighted by Gasteiger charge is 2.31. The van der Waals surface area contributed by atoms with E-state index in [-0.39, 0.29) is 43.6 Å². The fourth-order valence-electron chi connectivity index (χ4n) is 4.12. The van der Waals surface area contributed by atoms with Crippen LogP contribution in [0.1, 0.15) is 11.1 Å². The second kappa shape index (κ2) is 10.3. The van der Waals surface area contributed by atoms with Gasteiger partial charge in [0.15, 0.2) is 0 Å². The van der Waals surface area contributed by atoms with E-state index in [4.69, 9.17) is 31.6 Å². The molecule has 0 aromatic heterocycles. The highest BCUT2D eigenvalue weighted by molar-refractivity contribution is 7.87. The van der Waals surface area contributed by atoms with E-state index < -0.39 is 20.2 Å². The SMILES string of the molecule is N#CC(C#N)=C1c2cc(S(=O)(=O)Oc3ccc(Cl)cc3)ccc2-c2ccc(S(=O)(=O)Oc3ccc(Cl)cc3)cc21. The Morgan fingerprint density at radius 1 is 0.575 bits per heavy atom. The lowest BCUT2D eigenvalue weighted by Gasteiger charge is -2.10. The van der Waals surface area contributed by atoms with Crippen molar-refractivity contribution in [3.05, 3.63) is 112 Å². The molecule has 0 atom stereocenters. The Kier molecular flexibility index (Phi) is 7.05. The third kappa shape index (κ3) is 5.14. The van der Waals surface area contributed by atoms with Gasteiger partial charge in [-0.2, -0.15) is 27.4 Å². The van der Waals surface area contributed by atoms with Crippen LogP contribution in [0, 0.1) is 22.7 Å². The molecule has 12 heteroatoms. The molecule has 0 saturated heterocycles. The molecule has 4 aromatic rings. The average molecular weight is 609 g/mol. The minimum Gasteiger partial charge on any atom is -0.379 e. The van der Waals surface area contributed by atoms with E-state index in [1.165, 1.54) is 84.9 Å². The molecule has 5 rings (SSSR count). The van der Waals surface area contributed by atoms with E-state index in [9.17, 15) is 27.4 Å². The number of allylic oxidation sites excluding steroid dienone is 1. The van der Waals surface area contributed by atoms with Crippen LogP contribution in [0.3, 0.4) is 0 Å². The lowest BCUT2D eigenvalue weighted by atomic mass is 9.99. The van der Waals surface area contributed by atoms with Gasteiger partial charge in [-0.15, -0.1) is 0 Å². The highest BCUT2D eigenvalue weighted by Crippen LogP contribution is 2.47. The number of nitrogens with zero attached hydrogens (tertiary/aromatic N) is 2. The first-order valence-electron chi connectivity index (χ1n) is 11.3. The molecule has 0 N–H and O–H groups in total. The molecule has 0 saturated carbocycles. The normalized spacial score (nSPS) is 12.1.